The number of amides is 2. The van der Waals surface area contributed by atoms with Gasteiger partial charge in [0, 0.05) is 25.1 Å². The van der Waals surface area contributed by atoms with Gasteiger partial charge >= 0.3 is 0 Å². The number of aromatic nitrogens is 1. The molecular weight excluding hydrogens is 258 g/mol. The molecule has 3 rings (SSSR count). The summed E-state index contributed by atoms with van der Waals surface area (Å²) in [4.78, 5) is 29.1. The van der Waals surface area contributed by atoms with Crippen molar-refractivity contribution < 1.29 is 14.0 Å². The predicted octanol–water partition coefficient (Wildman–Crippen LogP) is 1.23. The molecule has 20 heavy (non-hydrogen) atoms. The first-order chi connectivity index (χ1) is 9.58. The zero-order valence-electron chi connectivity index (χ0n) is 11.1. The normalized spacial score (nSPS) is 18.9. The monoisotopic (exact) mass is 273 g/mol. The lowest BCUT2D eigenvalue weighted by Gasteiger charge is -2.15. The van der Waals surface area contributed by atoms with E-state index >= 15 is 0 Å². The van der Waals surface area contributed by atoms with Gasteiger partial charge in [0.05, 0.1) is 5.92 Å². The molecule has 0 aliphatic carbocycles. The van der Waals surface area contributed by atoms with Crippen molar-refractivity contribution in [3.05, 3.63) is 24.1 Å². The highest BCUT2D eigenvalue weighted by Crippen LogP contribution is 2.28. The molecule has 2 heterocycles. The molecule has 1 fully saturated rings. The Morgan fingerprint density at radius 1 is 1.55 bits per heavy atom. The number of anilines is 1. The third-order valence-corrected chi connectivity index (χ3v) is 3.56. The van der Waals surface area contributed by atoms with Gasteiger partial charge in [0.15, 0.2) is 11.5 Å². The number of rotatable bonds is 3. The van der Waals surface area contributed by atoms with Crippen molar-refractivity contribution in [2.75, 3.05) is 11.4 Å². The Hall–Kier alpha value is -2.37. The molecule has 1 aliphatic rings. The fourth-order valence-corrected chi connectivity index (χ4v) is 2.43. The molecule has 1 aromatic heterocycles. The lowest BCUT2D eigenvalue weighted by Crippen LogP contribution is -2.28. The lowest BCUT2D eigenvalue weighted by molar-refractivity contribution is -0.123. The smallest absolute Gasteiger partial charge is 0.227 e. The summed E-state index contributed by atoms with van der Waals surface area (Å²) in [7, 11) is 0. The number of fused-ring (bicyclic) bond motifs is 1. The van der Waals surface area contributed by atoms with Crippen LogP contribution in [-0.4, -0.2) is 23.3 Å². The van der Waals surface area contributed by atoms with E-state index in [1.54, 1.807) is 23.1 Å². The number of nitrogens with zero attached hydrogens (tertiary/aromatic N) is 2. The molecule has 0 bridgehead atoms. The zero-order chi connectivity index (χ0) is 14.3. The molecule has 2 aromatic rings. The molecule has 2 N–H and O–H groups in total. The second-order valence-electron chi connectivity index (χ2n) is 4.92. The maximum absolute atomic E-state index is 12.0. The van der Waals surface area contributed by atoms with Crippen molar-refractivity contribution in [2.45, 2.75) is 19.8 Å². The van der Waals surface area contributed by atoms with E-state index in [0.29, 0.717) is 18.0 Å². The summed E-state index contributed by atoms with van der Waals surface area (Å²) in [6, 6.07) is 5.40. The van der Waals surface area contributed by atoms with E-state index in [2.05, 4.69) is 4.98 Å². The zero-order valence-corrected chi connectivity index (χ0v) is 11.1. The van der Waals surface area contributed by atoms with E-state index in [9.17, 15) is 9.59 Å². The van der Waals surface area contributed by atoms with Crippen LogP contribution in [0.3, 0.4) is 0 Å². The van der Waals surface area contributed by atoms with Crippen molar-refractivity contribution in [1.82, 2.24) is 4.98 Å². The van der Waals surface area contributed by atoms with Crippen molar-refractivity contribution >= 4 is 28.6 Å². The summed E-state index contributed by atoms with van der Waals surface area (Å²) in [5, 5.41) is 0. The van der Waals surface area contributed by atoms with E-state index in [4.69, 9.17) is 10.2 Å². The van der Waals surface area contributed by atoms with E-state index in [1.807, 2.05) is 6.92 Å². The molecular formula is C14H15N3O3. The van der Waals surface area contributed by atoms with Crippen LogP contribution in [0.15, 0.2) is 22.6 Å². The first-order valence-electron chi connectivity index (χ1n) is 6.57. The van der Waals surface area contributed by atoms with Gasteiger partial charge in [-0.1, -0.05) is 6.92 Å². The number of carbonyl (C=O) groups excluding carboxylic acids is 2. The van der Waals surface area contributed by atoms with E-state index in [0.717, 1.165) is 17.6 Å². The minimum atomic E-state index is -0.434. The Balaban J connectivity index is 1.94. The molecule has 1 aromatic carbocycles. The van der Waals surface area contributed by atoms with Crippen LogP contribution in [0.1, 0.15) is 19.2 Å². The number of hydrogen-bond acceptors (Lipinski definition) is 4. The van der Waals surface area contributed by atoms with Crippen LogP contribution < -0.4 is 10.6 Å². The molecule has 2 amide bonds. The number of primary amides is 1. The first-order valence-corrected chi connectivity index (χ1v) is 6.57. The highest BCUT2D eigenvalue weighted by atomic mass is 16.3. The summed E-state index contributed by atoms with van der Waals surface area (Å²) in [6.45, 7) is 2.30. The Morgan fingerprint density at radius 3 is 3.00 bits per heavy atom. The fraction of sp³-hybridized carbons (Fsp3) is 0.357. The number of aryl methyl sites for hydroxylation is 1. The maximum Gasteiger partial charge on any atom is 0.227 e. The van der Waals surface area contributed by atoms with Gasteiger partial charge in [-0.2, -0.15) is 0 Å². The number of nitrogens with two attached hydrogens (primary N) is 1. The first kappa shape index (κ1) is 12.7. The Bertz CT molecular complexity index is 692. The van der Waals surface area contributed by atoms with Crippen molar-refractivity contribution in [1.29, 1.82) is 0 Å². The Kier molecular flexibility index (Phi) is 2.93. The molecule has 1 saturated heterocycles. The highest BCUT2D eigenvalue weighted by molar-refractivity contribution is 6.01. The van der Waals surface area contributed by atoms with Crippen LogP contribution in [0, 0.1) is 5.92 Å². The molecule has 1 atom stereocenters. The number of oxazole rings is 1. The summed E-state index contributed by atoms with van der Waals surface area (Å²) in [6.07, 6.45) is 0.892. The van der Waals surface area contributed by atoms with Gasteiger partial charge in [-0.05, 0) is 18.2 Å². The van der Waals surface area contributed by atoms with Crippen LogP contribution in [0.5, 0.6) is 0 Å². The topological polar surface area (TPSA) is 89.4 Å². The van der Waals surface area contributed by atoms with Crippen LogP contribution >= 0.6 is 0 Å². The molecule has 1 unspecified atom stereocenters. The lowest BCUT2D eigenvalue weighted by atomic mass is 10.1. The van der Waals surface area contributed by atoms with Gasteiger partial charge in [0.25, 0.3) is 0 Å². The van der Waals surface area contributed by atoms with Crippen LogP contribution in [-0.2, 0) is 16.0 Å². The molecule has 0 saturated carbocycles. The minimum absolute atomic E-state index is 0.0904. The van der Waals surface area contributed by atoms with Crippen LogP contribution in [0.2, 0.25) is 0 Å². The second kappa shape index (κ2) is 4.63. The van der Waals surface area contributed by atoms with Crippen molar-refractivity contribution in [3.8, 4) is 0 Å². The van der Waals surface area contributed by atoms with Crippen LogP contribution in [0.25, 0.3) is 11.1 Å². The van der Waals surface area contributed by atoms with Gasteiger partial charge in [0.1, 0.15) is 5.52 Å². The third-order valence-electron chi connectivity index (χ3n) is 3.56. The average Bonchev–Trinajstić information content (AvgIpc) is 3.00. The molecule has 0 radical (unpaired) electrons. The van der Waals surface area contributed by atoms with E-state index < -0.39 is 11.8 Å². The highest BCUT2D eigenvalue weighted by Gasteiger charge is 2.34. The van der Waals surface area contributed by atoms with Gasteiger partial charge in [-0.3, -0.25) is 9.59 Å². The van der Waals surface area contributed by atoms with Gasteiger partial charge < -0.3 is 15.1 Å². The largest absolute Gasteiger partial charge is 0.441 e. The second-order valence-corrected chi connectivity index (χ2v) is 4.92. The minimum Gasteiger partial charge on any atom is -0.441 e. The molecule has 1 aliphatic heterocycles. The summed E-state index contributed by atoms with van der Waals surface area (Å²) in [5.41, 5.74) is 7.41. The molecule has 0 spiro atoms. The Labute approximate surface area is 115 Å². The maximum atomic E-state index is 12.0. The van der Waals surface area contributed by atoms with Crippen LogP contribution in [0.4, 0.5) is 5.69 Å². The van der Waals surface area contributed by atoms with Crippen molar-refractivity contribution in [3.63, 3.8) is 0 Å². The average molecular weight is 273 g/mol. The SMILES string of the molecule is CCc1nc2cc(N3CC(C(N)=O)CC3=O)ccc2o1. The van der Waals surface area contributed by atoms with Gasteiger partial charge in [0.2, 0.25) is 11.8 Å². The fourth-order valence-electron chi connectivity index (χ4n) is 2.43. The summed E-state index contributed by atoms with van der Waals surface area (Å²) >= 11 is 0. The van der Waals surface area contributed by atoms with Gasteiger partial charge in [-0.15, -0.1) is 0 Å². The predicted molar refractivity (Wildman–Crippen MR) is 73.0 cm³/mol. The third kappa shape index (κ3) is 2.03. The van der Waals surface area contributed by atoms with Gasteiger partial charge in [-0.25, -0.2) is 4.98 Å². The molecule has 6 nitrogen and oxygen atoms in total. The Morgan fingerprint density at radius 2 is 2.35 bits per heavy atom. The van der Waals surface area contributed by atoms with E-state index in [1.165, 1.54) is 0 Å². The molecule has 104 valence electrons. The summed E-state index contributed by atoms with van der Waals surface area (Å²) < 4.78 is 5.53. The standard InChI is InChI=1S/C14H15N3O3/c1-2-12-16-10-6-9(3-4-11(10)20-12)17-7-8(14(15)19)5-13(17)18/h3-4,6,8H,2,5,7H2,1H3,(H2,15,19). The molecule has 6 heteroatoms. The van der Waals surface area contributed by atoms with Crippen molar-refractivity contribution in [2.24, 2.45) is 11.7 Å². The summed E-state index contributed by atoms with van der Waals surface area (Å²) in [5.74, 6) is -0.273. The number of carbonyl (C=O) groups is 2. The quantitative estimate of drug-likeness (QED) is 0.910. The number of hydrogen-bond donors (Lipinski definition) is 1. The number of benzene rings is 1. The van der Waals surface area contributed by atoms with E-state index in [-0.39, 0.29) is 12.3 Å².